The molecule has 4 atom stereocenters. The molecule has 2 amide bonds. The molecule has 1 aliphatic heterocycles. The van der Waals surface area contributed by atoms with Gasteiger partial charge < -0.3 is 16.4 Å². The number of carbonyl (C=O) groups is 3. The summed E-state index contributed by atoms with van der Waals surface area (Å²) >= 11 is 1.30. The standard InChI is InChI=1S/C25H34N4O3S/c1-16(30)20-28-15-17(33-20)14-25(22(27)32)19-7-6-18(23(19)9-10-23)24(25,21(26)31)8-2-3-11-29-12-4-5-13-29/h6-7,15,18-19H,2-5,8-14H2,1H3,(H2,26,31)(H2,27,32)/t18-,19+,24+,25+/m1/s1. The number of primary amides is 2. The molecule has 4 aliphatic rings. The fourth-order valence-electron chi connectivity index (χ4n) is 7.61. The number of Topliss-reactive ketones (excluding diaryl/α,β-unsaturated/α-hetero) is 1. The zero-order chi connectivity index (χ0) is 23.4. The SMILES string of the molecule is CC(=O)c1ncc(C[C@@]2(C(N)=O)[C@H]3C=C[C@H](C34CC4)[C@@]2(CCCCN2CCCC2)C(N)=O)s1. The molecule has 0 unspecified atom stereocenters. The molecule has 1 aromatic heterocycles. The number of nitrogens with zero attached hydrogens (tertiary/aromatic N) is 2. The van der Waals surface area contributed by atoms with Crippen LogP contribution in [0, 0.1) is 28.1 Å². The van der Waals surface area contributed by atoms with Crippen LogP contribution in [0.25, 0.3) is 0 Å². The fourth-order valence-corrected chi connectivity index (χ4v) is 8.51. The van der Waals surface area contributed by atoms with Crippen LogP contribution in [0.1, 0.15) is 66.5 Å². The quantitative estimate of drug-likeness (QED) is 0.309. The fraction of sp³-hybridized carbons (Fsp3) is 0.680. The number of aromatic nitrogens is 1. The molecule has 2 heterocycles. The van der Waals surface area contributed by atoms with Gasteiger partial charge in [0, 0.05) is 18.0 Å². The third-order valence-corrected chi connectivity index (χ3v) is 10.2. The van der Waals surface area contributed by atoms with Crippen LogP contribution in [-0.4, -0.2) is 47.1 Å². The maximum Gasteiger partial charge on any atom is 0.225 e. The normalized spacial score (nSPS) is 33.7. The van der Waals surface area contributed by atoms with Crippen LogP contribution in [0.5, 0.6) is 0 Å². The summed E-state index contributed by atoms with van der Waals surface area (Å²) in [5.41, 5.74) is 10.3. The third kappa shape index (κ3) is 3.16. The van der Waals surface area contributed by atoms with E-state index in [1.807, 2.05) is 0 Å². The van der Waals surface area contributed by atoms with E-state index >= 15 is 0 Å². The number of amides is 2. The summed E-state index contributed by atoms with van der Waals surface area (Å²) in [6.07, 6.45) is 13.1. The predicted molar refractivity (Wildman–Crippen MR) is 126 cm³/mol. The molecule has 178 valence electrons. The number of hydrogen-bond donors (Lipinski definition) is 2. The molecular weight excluding hydrogens is 436 g/mol. The average Bonchev–Trinajstić information content (AvgIpc) is 3.12. The van der Waals surface area contributed by atoms with Crippen LogP contribution in [-0.2, 0) is 16.0 Å². The number of ketones is 1. The Morgan fingerprint density at radius 1 is 1.06 bits per heavy atom. The number of nitrogens with two attached hydrogens (primary N) is 2. The van der Waals surface area contributed by atoms with Gasteiger partial charge in [-0.15, -0.1) is 11.3 Å². The van der Waals surface area contributed by atoms with Crippen molar-refractivity contribution >= 4 is 28.9 Å². The third-order valence-electron chi connectivity index (χ3n) is 9.10. The van der Waals surface area contributed by atoms with Crippen LogP contribution in [0.2, 0.25) is 0 Å². The molecule has 1 spiro atoms. The number of allylic oxidation sites excluding steroid dienone is 2. The van der Waals surface area contributed by atoms with Gasteiger partial charge in [0.2, 0.25) is 11.8 Å². The zero-order valence-electron chi connectivity index (χ0n) is 19.3. The number of likely N-dealkylation sites (tertiary alicyclic amines) is 1. The van der Waals surface area contributed by atoms with Crippen LogP contribution in [0.4, 0.5) is 0 Å². The Labute approximate surface area is 199 Å². The maximum atomic E-state index is 13.4. The van der Waals surface area contributed by atoms with Crippen LogP contribution < -0.4 is 11.5 Å². The molecular formula is C25H34N4O3S. The Morgan fingerprint density at radius 3 is 2.24 bits per heavy atom. The van der Waals surface area contributed by atoms with Gasteiger partial charge >= 0.3 is 0 Å². The lowest BCUT2D eigenvalue weighted by Gasteiger charge is -2.47. The summed E-state index contributed by atoms with van der Waals surface area (Å²) in [4.78, 5) is 46.2. The van der Waals surface area contributed by atoms with Crippen molar-refractivity contribution in [3.63, 3.8) is 0 Å². The van der Waals surface area contributed by atoms with Gasteiger partial charge in [0.05, 0.1) is 10.8 Å². The number of thiazole rings is 1. The predicted octanol–water partition coefficient (Wildman–Crippen LogP) is 2.69. The van der Waals surface area contributed by atoms with Gasteiger partial charge in [-0.3, -0.25) is 14.4 Å². The van der Waals surface area contributed by atoms with Gasteiger partial charge in [0.25, 0.3) is 0 Å². The lowest BCUT2D eigenvalue weighted by atomic mass is 9.53. The molecule has 2 saturated carbocycles. The number of carbonyl (C=O) groups excluding carboxylic acids is 3. The minimum Gasteiger partial charge on any atom is -0.369 e. The van der Waals surface area contributed by atoms with E-state index in [-0.39, 0.29) is 23.0 Å². The molecule has 7 nitrogen and oxygen atoms in total. The second kappa shape index (κ2) is 8.01. The largest absolute Gasteiger partial charge is 0.369 e. The minimum atomic E-state index is -1.08. The Kier molecular flexibility index (Phi) is 5.52. The van der Waals surface area contributed by atoms with Crippen molar-refractivity contribution in [2.75, 3.05) is 19.6 Å². The van der Waals surface area contributed by atoms with Gasteiger partial charge in [0.1, 0.15) is 0 Å². The first-order valence-corrected chi connectivity index (χ1v) is 13.1. The smallest absolute Gasteiger partial charge is 0.225 e. The summed E-state index contributed by atoms with van der Waals surface area (Å²) in [5, 5.41) is 0.416. The zero-order valence-corrected chi connectivity index (χ0v) is 20.2. The van der Waals surface area contributed by atoms with Gasteiger partial charge in [-0.2, -0.15) is 0 Å². The van der Waals surface area contributed by atoms with Crippen LogP contribution in [0.15, 0.2) is 18.3 Å². The number of rotatable bonds is 10. The molecule has 3 fully saturated rings. The highest BCUT2D eigenvalue weighted by Gasteiger charge is 2.81. The molecule has 33 heavy (non-hydrogen) atoms. The summed E-state index contributed by atoms with van der Waals surface area (Å²) in [5.74, 6) is -1.09. The van der Waals surface area contributed by atoms with Crippen molar-refractivity contribution in [1.82, 2.24) is 9.88 Å². The second-order valence-corrected chi connectivity index (χ2v) is 11.7. The Morgan fingerprint density at radius 2 is 1.70 bits per heavy atom. The lowest BCUT2D eigenvalue weighted by molar-refractivity contribution is -0.151. The molecule has 0 radical (unpaired) electrons. The molecule has 4 N–H and O–H groups in total. The molecule has 1 aromatic rings. The topological polar surface area (TPSA) is 119 Å². The molecule has 2 bridgehead atoms. The van der Waals surface area contributed by atoms with E-state index in [2.05, 4.69) is 22.0 Å². The highest BCUT2D eigenvalue weighted by Crippen LogP contribution is 2.81. The van der Waals surface area contributed by atoms with E-state index in [9.17, 15) is 14.4 Å². The number of hydrogen-bond acceptors (Lipinski definition) is 6. The van der Waals surface area contributed by atoms with Crippen molar-refractivity contribution in [1.29, 1.82) is 0 Å². The molecule has 1 saturated heterocycles. The van der Waals surface area contributed by atoms with Crippen molar-refractivity contribution in [2.24, 2.45) is 39.5 Å². The summed E-state index contributed by atoms with van der Waals surface area (Å²) in [7, 11) is 0. The van der Waals surface area contributed by atoms with Crippen molar-refractivity contribution in [2.45, 2.75) is 58.3 Å². The van der Waals surface area contributed by atoms with Gasteiger partial charge in [-0.05, 0) is 81.8 Å². The summed E-state index contributed by atoms with van der Waals surface area (Å²) in [6.45, 7) is 4.80. The first-order chi connectivity index (χ1) is 15.8. The summed E-state index contributed by atoms with van der Waals surface area (Å²) in [6, 6.07) is 0. The minimum absolute atomic E-state index is 0.0491. The van der Waals surface area contributed by atoms with E-state index < -0.39 is 22.6 Å². The summed E-state index contributed by atoms with van der Waals surface area (Å²) < 4.78 is 0. The van der Waals surface area contributed by atoms with Crippen LogP contribution >= 0.6 is 11.3 Å². The van der Waals surface area contributed by atoms with Gasteiger partial charge in [0.15, 0.2) is 10.8 Å². The first-order valence-electron chi connectivity index (χ1n) is 12.2. The Hall–Kier alpha value is -2.06. The van der Waals surface area contributed by atoms with Gasteiger partial charge in [-0.1, -0.05) is 18.6 Å². The lowest BCUT2D eigenvalue weighted by Crippen LogP contribution is -2.60. The second-order valence-electron chi connectivity index (χ2n) is 10.6. The molecule has 0 aromatic carbocycles. The maximum absolute atomic E-state index is 13.4. The number of unbranched alkanes of at least 4 members (excludes halogenated alkanes) is 1. The Balaban J connectivity index is 1.50. The highest BCUT2D eigenvalue weighted by molar-refractivity contribution is 7.13. The van der Waals surface area contributed by atoms with Crippen molar-refractivity contribution < 1.29 is 14.4 Å². The van der Waals surface area contributed by atoms with Gasteiger partial charge in [-0.25, -0.2) is 4.98 Å². The van der Waals surface area contributed by atoms with E-state index in [1.54, 1.807) is 6.20 Å². The molecule has 3 aliphatic carbocycles. The van der Waals surface area contributed by atoms with Crippen LogP contribution in [0.3, 0.4) is 0 Å². The van der Waals surface area contributed by atoms with E-state index in [0.717, 1.165) is 50.2 Å². The molecule has 8 heteroatoms. The van der Waals surface area contributed by atoms with Crippen molar-refractivity contribution in [3.8, 4) is 0 Å². The highest BCUT2D eigenvalue weighted by atomic mass is 32.1. The van der Waals surface area contributed by atoms with E-state index in [1.165, 1.54) is 31.1 Å². The van der Waals surface area contributed by atoms with Crippen molar-refractivity contribution in [3.05, 3.63) is 28.2 Å². The monoisotopic (exact) mass is 470 g/mol. The Bertz CT molecular complexity index is 1010. The van der Waals surface area contributed by atoms with E-state index in [0.29, 0.717) is 17.8 Å². The van der Waals surface area contributed by atoms with E-state index in [4.69, 9.17) is 11.5 Å². The molecule has 5 rings (SSSR count). The first kappa shape index (κ1) is 22.7. The average molecular weight is 471 g/mol.